The van der Waals surface area contributed by atoms with Gasteiger partial charge in [-0.25, -0.2) is 4.39 Å². The minimum Gasteiger partial charge on any atom is -0.326 e. The fraction of sp³-hybridized carbons (Fsp3) is 0.357. The summed E-state index contributed by atoms with van der Waals surface area (Å²) in [6, 6.07) is 4.71. The minimum absolute atomic E-state index is 0.249. The molecule has 3 nitrogen and oxygen atoms in total. The number of hydrogen-bond donors (Lipinski definition) is 1. The molecule has 0 atom stereocenters. The van der Waals surface area contributed by atoms with Crippen LogP contribution in [0.15, 0.2) is 24.4 Å². The monoisotopic (exact) mass is 247 g/mol. The van der Waals surface area contributed by atoms with E-state index >= 15 is 0 Å². The molecule has 0 radical (unpaired) electrons. The Hall–Kier alpha value is -1.68. The summed E-state index contributed by atoms with van der Waals surface area (Å²) in [5.41, 5.74) is 9.44. The molecule has 0 saturated heterocycles. The first-order chi connectivity index (χ1) is 8.52. The topological polar surface area (TPSA) is 43.8 Å². The molecule has 4 heteroatoms. The second-order valence-corrected chi connectivity index (χ2v) is 4.76. The molecule has 2 N–H and O–H groups in total. The van der Waals surface area contributed by atoms with E-state index in [9.17, 15) is 4.39 Å². The standard InChI is InChI=1S/C14H18FN3/c1-9(2)14-13(8-18(3)17-14)12-6-11(15)5-4-10(12)7-16/h4-6,8-9H,7,16H2,1-3H3. The van der Waals surface area contributed by atoms with E-state index < -0.39 is 0 Å². The number of nitrogens with zero attached hydrogens (tertiary/aromatic N) is 2. The van der Waals surface area contributed by atoms with Gasteiger partial charge in [0.1, 0.15) is 5.82 Å². The summed E-state index contributed by atoms with van der Waals surface area (Å²) in [5, 5.41) is 4.44. The molecule has 1 aromatic heterocycles. The highest BCUT2D eigenvalue weighted by Crippen LogP contribution is 2.31. The molecular formula is C14H18FN3. The molecule has 1 heterocycles. The number of aryl methyl sites for hydroxylation is 1. The SMILES string of the molecule is CC(C)c1nn(C)cc1-c1cc(F)ccc1CN. The fourth-order valence-corrected chi connectivity index (χ4v) is 2.12. The lowest BCUT2D eigenvalue weighted by Crippen LogP contribution is -2.01. The number of nitrogens with two attached hydrogens (primary N) is 1. The third kappa shape index (κ3) is 2.29. The largest absolute Gasteiger partial charge is 0.326 e. The summed E-state index contributed by atoms with van der Waals surface area (Å²) < 4.78 is 15.2. The molecule has 0 aliphatic carbocycles. The maximum absolute atomic E-state index is 13.4. The highest BCUT2D eigenvalue weighted by atomic mass is 19.1. The van der Waals surface area contributed by atoms with Crippen LogP contribution in [-0.2, 0) is 13.6 Å². The molecule has 0 unspecified atom stereocenters. The smallest absolute Gasteiger partial charge is 0.123 e. The lowest BCUT2D eigenvalue weighted by Gasteiger charge is -2.09. The predicted octanol–water partition coefficient (Wildman–Crippen LogP) is 2.81. The maximum Gasteiger partial charge on any atom is 0.123 e. The number of aromatic nitrogens is 2. The Balaban J connectivity index is 2.64. The van der Waals surface area contributed by atoms with Crippen molar-refractivity contribution in [2.24, 2.45) is 12.8 Å². The van der Waals surface area contributed by atoms with Crippen LogP contribution < -0.4 is 5.73 Å². The number of hydrogen-bond acceptors (Lipinski definition) is 2. The average Bonchev–Trinajstić information content (AvgIpc) is 2.71. The highest BCUT2D eigenvalue weighted by molar-refractivity contribution is 5.69. The van der Waals surface area contributed by atoms with Crippen LogP contribution in [0.2, 0.25) is 0 Å². The van der Waals surface area contributed by atoms with Gasteiger partial charge in [-0.05, 0) is 29.2 Å². The van der Waals surface area contributed by atoms with E-state index in [0.29, 0.717) is 6.54 Å². The Bertz CT molecular complexity index is 558. The van der Waals surface area contributed by atoms with E-state index in [-0.39, 0.29) is 11.7 Å². The minimum atomic E-state index is -0.249. The molecule has 96 valence electrons. The third-order valence-corrected chi connectivity index (χ3v) is 2.99. The molecule has 2 rings (SSSR count). The van der Waals surface area contributed by atoms with Crippen LogP contribution in [0.1, 0.15) is 31.0 Å². The first-order valence-corrected chi connectivity index (χ1v) is 6.05. The number of rotatable bonds is 3. The molecule has 2 aromatic rings. The lowest BCUT2D eigenvalue weighted by molar-refractivity contribution is 0.627. The Morgan fingerprint density at radius 2 is 2.06 bits per heavy atom. The summed E-state index contributed by atoms with van der Waals surface area (Å²) in [5.74, 6) is 0.0378. The Morgan fingerprint density at radius 3 is 2.67 bits per heavy atom. The van der Waals surface area contributed by atoms with E-state index in [1.165, 1.54) is 12.1 Å². The predicted molar refractivity (Wildman–Crippen MR) is 70.6 cm³/mol. The molecular weight excluding hydrogens is 229 g/mol. The Kier molecular flexibility index (Phi) is 3.48. The molecule has 1 aromatic carbocycles. The van der Waals surface area contributed by atoms with E-state index in [0.717, 1.165) is 22.4 Å². The molecule has 0 aliphatic rings. The van der Waals surface area contributed by atoms with Crippen molar-refractivity contribution >= 4 is 0 Å². The van der Waals surface area contributed by atoms with Gasteiger partial charge in [0.15, 0.2) is 0 Å². The maximum atomic E-state index is 13.4. The average molecular weight is 247 g/mol. The van der Waals surface area contributed by atoms with Crippen LogP contribution in [-0.4, -0.2) is 9.78 Å². The Morgan fingerprint density at radius 1 is 1.33 bits per heavy atom. The molecule has 0 spiro atoms. The normalized spacial score (nSPS) is 11.2. The van der Waals surface area contributed by atoms with E-state index in [1.54, 1.807) is 10.7 Å². The van der Waals surface area contributed by atoms with Gasteiger partial charge in [-0.15, -0.1) is 0 Å². The lowest BCUT2D eigenvalue weighted by atomic mass is 9.96. The Labute approximate surface area is 106 Å². The van der Waals surface area contributed by atoms with Gasteiger partial charge in [0.2, 0.25) is 0 Å². The van der Waals surface area contributed by atoms with E-state index in [1.807, 2.05) is 13.2 Å². The zero-order valence-corrected chi connectivity index (χ0v) is 10.9. The quantitative estimate of drug-likeness (QED) is 0.906. The van der Waals surface area contributed by atoms with Crippen LogP contribution in [0, 0.1) is 5.82 Å². The molecule has 0 saturated carbocycles. The fourth-order valence-electron chi connectivity index (χ4n) is 2.12. The molecule has 0 aliphatic heterocycles. The number of benzene rings is 1. The first kappa shape index (κ1) is 12.8. The third-order valence-electron chi connectivity index (χ3n) is 2.99. The van der Waals surface area contributed by atoms with Gasteiger partial charge >= 0.3 is 0 Å². The summed E-state index contributed by atoms with van der Waals surface area (Å²) in [4.78, 5) is 0. The van der Waals surface area contributed by atoms with Crippen molar-refractivity contribution in [2.75, 3.05) is 0 Å². The van der Waals surface area contributed by atoms with Gasteiger partial charge in [0, 0.05) is 25.4 Å². The van der Waals surface area contributed by atoms with Crippen molar-refractivity contribution in [3.05, 3.63) is 41.5 Å². The second-order valence-electron chi connectivity index (χ2n) is 4.76. The summed E-state index contributed by atoms with van der Waals surface area (Å²) >= 11 is 0. The molecule has 0 bridgehead atoms. The van der Waals surface area contributed by atoms with Crippen molar-refractivity contribution in [3.8, 4) is 11.1 Å². The van der Waals surface area contributed by atoms with Crippen LogP contribution in [0.3, 0.4) is 0 Å². The summed E-state index contributed by atoms with van der Waals surface area (Å²) in [7, 11) is 1.87. The molecule has 18 heavy (non-hydrogen) atoms. The van der Waals surface area contributed by atoms with Gasteiger partial charge in [0.25, 0.3) is 0 Å². The van der Waals surface area contributed by atoms with Gasteiger partial charge in [-0.2, -0.15) is 5.10 Å². The van der Waals surface area contributed by atoms with Crippen molar-refractivity contribution < 1.29 is 4.39 Å². The molecule has 0 amide bonds. The van der Waals surface area contributed by atoms with Crippen LogP contribution >= 0.6 is 0 Å². The van der Waals surface area contributed by atoms with E-state index in [4.69, 9.17) is 5.73 Å². The molecule has 0 fully saturated rings. The van der Waals surface area contributed by atoms with Gasteiger partial charge < -0.3 is 5.73 Å². The second kappa shape index (κ2) is 4.90. The van der Waals surface area contributed by atoms with Crippen LogP contribution in [0.5, 0.6) is 0 Å². The number of halogens is 1. The highest BCUT2D eigenvalue weighted by Gasteiger charge is 2.16. The van der Waals surface area contributed by atoms with Crippen molar-refractivity contribution in [3.63, 3.8) is 0 Å². The van der Waals surface area contributed by atoms with Crippen molar-refractivity contribution in [1.82, 2.24) is 9.78 Å². The van der Waals surface area contributed by atoms with Gasteiger partial charge in [0.05, 0.1) is 5.69 Å². The van der Waals surface area contributed by atoms with E-state index in [2.05, 4.69) is 18.9 Å². The van der Waals surface area contributed by atoms with Crippen LogP contribution in [0.4, 0.5) is 4.39 Å². The summed E-state index contributed by atoms with van der Waals surface area (Å²) in [6.07, 6.45) is 1.92. The van der Waals surface area contributed by atoms with Crippen molar-refractivity contribution in [2.45, 2.75) is 26.3 Å². The van der Waals surface area contributed by atoms with Gasteiger partial charge in [-0.3, -0.25) is 4.68 Å². The first-order valence-electron chi connectivity index (χ1n) is 6.05. The van der Waals surface area contributed by atoms with Crippen LogP contribution in [0.25, 0.3) is 11.1 Å². The summed E-state index contributed by atoms with van der Waals surface area (Å²) in [6.45, 7) is 4.54. The van der Waals surface area contributed by atoms with Gasteiger partial charge in [-0.1, -0.05) is 19.9 Å². The zero-order valence-electron chi connectivity index (χ0n) is 10.9. The van der Waals surface area contributed by atoms with Crippen molar-refractivity contribution in [1.29, 1.82) is 0 Å². The zero-order chi connectivity index (χ0) is 13.3.